The Morgan fingerprint density at radius 1 is 1.25 bits per heavy atom. The number of pyridine rings is 1. The summed E-state index contributed by atoms with van der Waals surface area (Å²) in [6.07, 6.45) is 3.27. The van der Waals surface area contributed by atoms with Crippen LogP contribution in [-0.2, 0) is 11.3 Å². The lowest BCUT2D eigenvalue weighted by atomic mass is 10.1. The average molecular weight is 325 g/mol. The third kappa shape index (κ3) is 2.64. The number of amides is 1. The molecule has 1 saturated heterocycles. The van der Waals surface area contributed by atoms with Gasteiger partial charge in [0.05, 0.1) is 24.8 Å². The van der Waals surface area contributed by atoms with Crippen molar-refractivity contribution >= 4 is 17.0 Å². The second-order valence-corrected chi connectivity index (χ2v) is 5.65. The van der Waals surface area contributed by atoms with E-state index in [0.29, 0.717) is 29.9 Å². The zero-order valence-electron chi connectivity index (χ0n) is 12.8. The molecule has 0 radical (unpaired) electrons. The molecule has 24 heavy (non-hydrogen) atoms. The van der Waals surface area contributed by atoms with Gasteiger partial charge in [-0.3, -0.25) is 14.3 Å². The summed E-state index contributed by atoms with van der Waals surface area (Å²) < 4.78 is 12.2. The number of para-hydroxylation sites is 2. The number of benzene rings is 1. The maximum Gasteiger partial charge on any atom is 0.420 e. The molecule has 0 atom stereocenters. The molecular formula is C17H15N3O4. The smallest absolute Gasteiger partial charge is 0.420 e. The Balaban J connectivity index is 1.39. The minimum atomic E-state index is -0.520. The highest BCUT2D eigenvalue weighted by molar-refractivity contribution is 5.80. The third-order valence-corrected chi connectivity index (χ3v) is 4.00. The molecule has 0 spiro atoms. The number of fused-ring (bicyclic) bond motifs is 1. The van der Waals surface area contributed by atoms with Gasteiger partial charge in [-0.1, -0.05) is 12.1 Å². The van der Waals surface area contributed by atoms with Crippen molar-refractivity contribution in [3.63, 3.8) is 0 Å². The number of likely N-dealkylation sites (tertiary alicyclic amines) is 1. The fourth-order valence-corrected chi connectivity index (χ4v) is 2.72. The molecule has 0 saturated carbocycles. The monoisotopic (exact) mass is 325 g/mol. The Hall–Kier alpha value is -3.09. The van der Waals surface area contributed by atoms with Crippen molar-refractivity contribution in [3.8, 4) is 5.75 Å². The molecule has 0 bridgehead atoms. The first-order chi connectivity index (χ1) is 11.7. The number of oxazole rings is 1. The standard InChI is InChI=1S/C17H15N3O4/c21-16(11-20-14-5-1-2-6-15(14)24-17(20)22)19-9-13(10-19)23-12-4-3-7-18-8-12/h1-8,13H,9-11H2. The Kier molecular flexibility index (Phi) is 3.53. The normalized spacial score (nSPS) is 14.6. The predicted octanol–water partition coefficient (Wildman–Crippen LogP) is 1.28. The first-order valence-electron chi connectivity index (χ1n) is 7.63. The van der Waals surface area contributed by atoms with Crippen molar-refractivity contribution in [2.24, 2.45) is 0 Å². The first-order valence-corrected chi connectivity index (χ1v) is 7.63. The van der Waals surface area contributed by atoms with Gasteiger partial charge in [0.15, 0.2) is 5.58 Å². The Labute approximate surface area is 137 Å². The van der Waals surface area contributed by atoms with Crippen LogP contribution in [0.25, 0.3) is 11.1 Å². The van der Waals surface area contributed by atoms with Gasteiger partial charge < -0.3 is 14.1 Å². The van der Waals surface area contributed by atoms with Gasteiger partial charge in [-0.25, -0.2) is 4.79 Å². The first kappa shape index (κ1) is 14.5. The zero-order valence-corrected chi connectivity index (χ0v) is 12.8. The molecule has 2 aromatic heterocycles. The number of nitrogens with zero attached hydrogens (tertiary/aromatic N) is 3. The van der Waals surface area contributed by atoms with Crippen LogP contribution in [0.15, 0.2) is 58.0 Å². The fraction of sp³-hybridized carbons (Fsp3) is 0.235. The van der Waals surface area contributed by atoms with E-state index in [9.17, 15) is 9.59 Å². The molecule has 1 amide bonds. The lowest BCUT2D eigenvalue weighted by molar-refractivity contribution is -0.140. The highest BCUT2D eigenvalue weighted by Crippen LogP contribution is 2.18. The molecule has 1 aliphatic heterocycles. The molecule has 0 aliphatic carbocycles. The second-order valence-electron chi connectivity index (χ2n) is 5.65. The van der Waals surface area contributed by atoms with E-state index in [0.717, 1.165) is 0 Å². The summed E-state index contributed by atoms with van der Waals surface area (Å²) in [5.41, 5.74) is 1.11. The van der Waals surface area contributed by atoms with E-state index in [1.165, 1.54) is 4.57 Å². The number of hydrogen-bond donors (Lipinski definition) is 0. The van der Waals surface area contributed by atoms with Gasteiger partial charge in [0.1, 0.15) is 18.4 Å². The Bertz CT molecular complexity index is 926. The summed E-state index contributed by atoms with van der Waals surface area (Å²) in [5, 5.41) is 0. The molecule has 3 aromatic rings. The molecule has 0 N–H and O–H groups in total. The van der Waals surface area contributed by atoms with E-state index in [-0.39, 0.29) is 18.6 Å². The van der Waals surface area contributed by atoms with Gasteiger partial charge in [-0.05, 0) is 24.3 Å². The van der Waals surface area contributed by atoms with Gasteiger partial charge in [-0.15, -0.1) is 0 Å². The van der Waals surface area contributed by atoms with E-state index in [2.05, 4.69) is 4.98 Å². The maximum absolute atomic E-state index is 12.3. The van der Waals surface area contributed by atoms with Gasteiger partial charge in [0.25, 0.3) is 0 Å². The van der Waals surface area contributed by atoms with Gasteiger partial charge in [0.2, 0.25) is 5.91 Å². The van der Waals surface area contributed by atoms with Crippen LogP contribution in [0.2, 0.25) is 0 Å². The van der Waals surface area contributed by atoms with Crippen molar-refractivity contribution < 1.29 is 13.9 Å². The van der Waals surface area contributed by atoms with Crippen LogP contribution in [0, 0.1) is 0 Å². The van der Waals surface area contributed by atoms with E-state index in [4.69, 9.17) is 9.15 Å². The van der Waals surface area contributed by atoms with Gasteiger partial charge >= 0.3 is 5.76 Å². The molecular weight excluding hydrogens is 310 g/mol. The van der Waals surface area contributed by atoms with E-state index < -0.39 is 5.76 Å². The molecule has 1 fully saturated rings. The van der Waals surface area contributed by atoms with Crippen LogP contribution >= 0.6 is 0 Å². The van der Waals surface area contributed by atoms with Crippen LogP contribution in [0.4, 0.5) is 0 Å². The van der Waals surface area contributed by atoms with Crippen LogP contribution in [0.5, 0.6) is 5.75 Å². The van der Waals surface area contributed by atoms with Gasteiger partial charge in [-0.2, -0.15) is 0 Å². The number of carbonyl (C=O) groups is 1. The van der Waals surface area contributed by atoms with Gasteiger partial charge in [0, 0.05) is 6.20 Å². The van der Waals surface area contributed by atoms with Crippen LogP contribution in [-0.4, -0.2) is 39.6 Å². The molecule has 7 heteroatoms. The van der Waals surface area contributed by atoms with Crippen LogP contribution in [0.1, 0.15) is 0 Å². The van der Waals surface area contributed by atoms with Crippen molar-refractivity contribution in [3.05, 3.63) is 59.3 Å². The van der Waals surface area contributed by atoms with Crippen LogP contribution < -0.4 is 10.5 Å². The number of rotatable bonds is 4. The lowest BCUT2D eigenvalue weighted by Gasteiger charge is -2.38. The highest BCUT2D eigenvalue weighted by Gasteiger charge is 2.32. The van der Waals surface area contributed by atoms with E-state index >= 15 is 0 Å². The lowest BCUT2D eigenvalue weighted by Crippen LogP contribution is -2.57. The average Bonchev–Trinajstić information content (AvgIpc) is 2.87. The van der Waals surface area contributed by atoms with E-state index in [1.807, 2.05) is 6.07 Å². The second kappa shape index (κ2) is 5.84. The molecule has 4 rings (SSSR count). The largest absolute Gasteiger partial charge is 0.485 e. The van der Waals surface area contributed by atoms with E-state index in [1.54, 1.807) is 47.6 Å². The number of ether oxygens (including phenoxy) is 1. The molecule has 122 valence electrons. The SMILES string of the molecule is O=C(Cn1c(=O)oc2ccccc21)N1CC(Oc2cccnc2)C1. The summed E-state index contributed by atoms with van der Waals surface area (Å²) in [6, 6.07) is 10.7. The minimum absolute atomic E-state index is 0.0323. The third-order valence-electron chi connectivity index (χ3n) is 4.00. The minimum Gasteiger partial charge on any atom is -0.485 e. The highest BCUT2D eigenvalue weighted by atomic mass is 16.5. The topological polar surface area (TPSA) is 77.6 Å². The van der Waals surface area contributed by atoms with Crippen LogP contribution in [0.3, 0.4) is 0 Å². The van der Waals surface area contributed by atoms with Crippen molar-refractivity contribution in [2.75, 3.05) is 13.1 Å². The summed E-state index contributed by atoms with van der Waals surface area (Å²) in [6.45, 7) is 0.964. The molecule has 3 heterocycles. The summed E-state index contributed by atoms with van der Waals surface area (Å²) in [4.78, 5) is 29.9. The summed E-state index contributed by atoms with van der Waals surface area (Å²) in [7, 11) is 0. The maximum atomic E-state index is 12.3. The Morgan fingerprint density at radius 2 is 2.08 bits per heavy atom. The van der Waals surface area contributed by atoms with Crippen molar-refractivity contribution in [1.29, 1.82) is 0 Å². The molecule has 1 aliphatic rings. The number of aromatic nitrogens is 2. The number of carbonyl (C=O) groups excluding carboxylic acids is 1. The fourth-order valence-electron chi connectivity index (χ4n) is 2.72. The quantitative estimate of drug-likeness (QED) is 0.722. The summed E-state index contributed by atoms with van der Waals surface area (Å²) >= 11 is 0. The predicted molar refractivity (Wildman–Crippen MR) is 85.7 cm³/mol. The van der Waals surface area contributed by atoms with Crippen molar-refractivity contribution in [2.45, 2.75) is 12.6 Å². The van der Waals surface area contributed by atoms with Crippen molar-refractivity contribution in [1.82, 2.24) is 14.5 Å². The molecule has 7 nitrogen and oxygen atoms in total. The Morgan fingerprint density at radius 3 is 2.88 bits per heavy atom. The molecule has 1 aromatic carbocycles. The molecule has 0 unspecified atom stereocenters. The number of hydrogen-bond acceptors (Lipinski definition) is 5. The zero-order chi connectivity index (χ0) is 16.5. The summed E-state index contributed by atoms with van der Waals surface area (Å²) in [5.74, 6) is 0.0366.